The highest BCUT2D eigenvalue weighted by molar-refractivity contribution is 7.89. The van der Waals surface area contributed by atoms with Crippen LogP contribution in [0.3, 0.4) is 0 Å². The molecule has 1 atom stereocenters. The molecule has 1 amide bonds. The van der Waals surface area contributed by atoms with E-state index in [0.29, 0.717) is 18.5 Å². The number of benzene rings is 1. The predicted octanol–water partition coefficient (Wildman–Crippen LogP) is 1.65. The van der Waals surface area contributed by atoms with Gasteiger partial charge in [0.1, 0.15) is 11.5 Å². The van der Waals surface area contributed by atoms with Gasteiger partial charge in [0.25, 0.3) is 5.89 Å². The fourth-order valence-corrected chi connectivity index (χ4v) is 4.77. The molecule has 0 saturated carbocycles. The van der Waals surface area contributed by atoms with Gasteiger partial charge in [0.05, 0.1) is 10.8 Å². The van der Waals surface area contributed by atoms with Crippen molar-refractivity contribution < 1.29 is 22.0 Å². The van der Waals surface area contributed by atoms with Crippen molar-refractivity contribution in [3.63, 3.8) is 0 Å². The van der Waals surface area contributed by atoms with Crippen LogP contribution < -0.4 is 5.32 Å². The number of nitrogens with zero attached hydrogens (tertiary/aromatic N) is 5. The molecule has 4 rings (SSSR count). The van der Waals surface area contributed by atoms with E-state index in [0.717, 1.165) is 12.1 Å². The lowest BCUT2D eigenvalue weighted by molar-refractivity contribution is -0.121. The molecule has 1 N–H and O–H groups in total. The molecule has 0 bridgehead atoms. The van der Waals surface area contributed by atoms with Crippen LogP contribution in [0.2, 0.25) is 0 Å². The first-order chi connectivity index (χ1) is 14.3. The largest absolute Gasteiger partial charge is 0.401 e. The molecule has 3 heterocycles. The van der Waals surface area contributed by atoms with Gasteiger partial charge in [-0.15, -0.1) is 5.10 Å². The number of amides is 1. The minimum Gasteiger partial charge on any atom is -0.401 e. The van der Waals surface area contributed by atoms with Gasteiger partial charge in [0.2, 0.25) is 15.9 Å². The van der Waals surface area contributed by atoms with Gasteiger partial charge in [-0.3, -0.25) is 14.8 Å². The summed E-state index contributed by atoms with van der Waals surface area (Å²) < 4.78 is 47.0. The summed E-state index contributed by atoms with van der Waals surface area (Å²) in [6, 6.07) is 6.22. The van der Waals surface area contributed by atoms with Crippen LogP contribution in [-0.4, -0.2) is 51.7 Å². The average Bonchev–Trinajstić information content (AvgIpc) is 3.37. The fourth-order valence-electron chi connectivity index (χ4n) is 3.24. The topological polar surface area (TPSA) is 123 Å². The second-order valence-electron chi connectivity index (χ2n) is 6.93. The van der Waals surface area contributed by atoms with Gasteiger partial charge < -0.3 is 4.42 Å². The third-order valence-corrected chi connectivity index (χ3v) is 6.67. The predicted molar refractivity (Wildman–Crippen MR) is 103 cm³/mol. The van der Waals surface area contributed by atoms with Crippen LogP contribution in [0, 0.1) is 11.7 Å². The van der Waals surface area contributed by atoms with Crippen LogP contribution in [0.5, 0.6) is 0 Å². The number of hydrogen-bond acceptors (Lipinski definition) is 7. The Bertz CT molecular complexity index is 1160. The lowest BCUT2D eigenvalue weighted by Crippen LogP contribution is -2.43. The molecule has 1 saturated heterocycles. The van der Waals surface area contributed by atoms with E-state index in [-0.39, 0.29) is 29.9 Å². The van der Waals surface area contributed by atoms with Crippen molar-refractivity contribution in [1.29, 1.82) is 0 Å². The molecule has 12 heteroatoms. The number of carbonyl (C=O) groups is 1. The summed E-state index contributed by atoms with van der Waals surface area (Å²) in [6.07, 6.45) is 2.75. The highest BCUT2D eigenvalue weighted by Gasteiger charge is 2.34. The van der Waals surface area contributed by atoms with Crippen molar-refractivity contribution in [2.45, 2.75) is 17.7 Å². The molecule has 3 aromatic rings. The second kappa shape index (κ2) is 7.95. The maximum atomic E-state index is 13.1. The van der Waals surface area contributed by atoms with Crippen molar-refractivity contribution >= 4 is 21.9 Å². The molecule has 1 aromatic carbocycles. The minimum atomic E-state index is -3.82. The van der Waals surface area contributed by atoms with Crippen LogP contribution in [0.4, 0.5) is 10.4 Å². The lowest BCUT2D eigenvalue weighted by Gasteiger charge is -2.30. The van der Waals surface area contributed by atoms with E-state index in [1.807, 2.05) is 0 Å². The standard InChI is InChI=1S/C18H19FN6O4S/c1-24-10-8-15(23-24)17-21-22-18(29-17)20-16(26)12-3-2-9-25(11-12)30(27,28)14-6-4-13(19)5-7-14/h4-8,10,12H,2-3,9,11H2,1H3,(H,20,22,26). The monoisotopic (exact) mass is 434 g/mol. The molecule has 1 aliphatic rings. The molecule has 158 valence electrons. The van der Waals surface area contributed by atoms with E-state index in [1.54, 1.807) is 24.0 Å². The maximum Gasteiger partial charge on any atom is 0.322 e. The number of piperidine rings is 1. The molecule has 30 heavy (non-hydrogen) atoms. The number of halogens is 1. The fraction of sp³-hybridized carbons (Fsp3) is 0.333. The first kappa shape index (κ1) is 20.2. The quantitative estimate of drug-likeness (QED) is 0.648. The van der Waals surface area contributed by atoms with E-state index >= 15 is 0 Å². The van der Waals surface area contributed by atoms with Crippen LogP contribution >= 0.6 is 0 Å². The number of aromatic nitrogens is 4. The van der Waals surface area contributed by atoms with E-state index in [1.165, 1.54) is 16.4 Å². The first-order valence-electron chi connectivity index (χ1n) is 9.23. The molecule has 2 aromatic heterocycles. The number of hydrogen-bond donors (Lipinski definition) is 1. The number of anilines is 1. The third-order valence-electron chi connectivity index (χ3n) is 4.79. The Morgan fingerprint density at radius 1 is 1.23 bits per heavy atom. The molecule has 0 spiro atoms. The molecular formula is C18H19FN6O4S. The third kappa shape index (κ3) is 4.09. The van der Waals surface area contributed by atoms with Crippen molar-refractivity contribution in [3.05, 3.63) is 42.3 Å². The van der Waals surface area contributed by atoms with Crippen molar-refractivity contribution in [3.8, 4) is 11.6 Å². The second-order valence-corrected chi connectivity index (χ2v) is 8.87. The van der Waals surface area contributed by atoms with Gasteiger partial charge in [-0.05, 0) is 43.2 Å². The lowest BCUT2D eigenvalue weighted by atomic mass is 9.99. The number of sulfonamides is 1. The van der Waals surface area contributed by atoms with E-state index in [2.05, 4.69) is 20.6 Å². The van der Waals surface area contributed by atoms with Crippen LogP contribution in [0.15, 0.2) is 45.8 Å². The first-order valence-corrected chi connectivity index (χ1v) is 10.7. The smallest absolute Gasteiger partial charge is 0.322 e. The van der Waals surface area contributed by atoms with E-state index in [9.17, 15) is 17.6 Å². The summed E-state index contributed by atoms with van der Waals surface area (Å²) in [6.45, 7) is 0.292. The summed E-state index contributed by atoms with van der Waals surface area (Å²) in [5.41, 5.74) is 0.472. The number of rotatable bonds is 5. The summed E-state index contributed by atoms with van der Waals surface area (Å²) in [4.78, 5) is 12.6. The Balaban J connectivity index is 1.44. The zero-order chi connectivity index (χ0) is 21.3. The van der Waals surface area contributed by atoms with Gasteiger partial charge in [-0.1, -0.05) is 5.10 Å². The minimum absolute atomic E-state index is 0.00672. The highest BCUT2D eigenvalue weighted by atomic mass is 32.2. The van der Waals surface area contributed by atoms with Crippen molar-refractivity contribution in [2.75, 3.05) is 18.4 Å². The number of nitrogens with one attached hydrogen (secondary N) is 1. The zero-order valence-electron chi connectivity index (χ0n) is 16.0. The summed E-state index contributed by atoms with van der Waals surface area (Å²) in [5.74, 6) is -1.35. The van der Waals surface area contributed by atoms with E-state index < -0.39 is 27.7 Å². The van der Waals surface area contributed by atoms with E-state index in [4.69, 9.17) is 4.42 Å². The number of aryl methyl sites for hydroxylation is 1. The van der Waals surface area contributed by atoms with Gasteiger partial charge in [0, 0.05) is 26.3 Å². The summed E-state index contributed by atoms with van der Waals surface area (Å²) in [5, 5.41) is 14.3. The normalized spacial score (nSPS) is 17.7. The summed E-state index contributed by atoms with van der Waals surface area (Å²) >= 11 is 0. The Morgan fingerprint density at radius 2 is 2.00 bits per heavy atom. The molecule has 0 aliphatic carbocycles. The van der Waals surface area contributed by atoms with Gasteiger partial charge in [-0.2, -0.15) is 9.40 Å². The molecule has 1 aliphatic heterocycles. The molecular weight excluding hydrogens is 415 g/mol. The number of carbonyl (C=O) groups excluding carboxylic acids is 1. The van der Waals surface area contributed by atoms with Crippen LogP contribution in [0.1, 0.15) is 12.8 Å². The Kier molecular flexibility index (Phi) is 5.35. The maximum absolute atomic E-state index is 13.1. The molecule has 10 nitrogen and oxygen atoms in total. The van der Waals surface area contributed by atoms with Gasteiger partial charge in [0.15, 0.2) is 0 Å². The Morgan fingerprint density at radius 3 is 2.70 bits per heavy atom. The SMILES string of the molecule is Cn1ccc(-c2nnc(NC(=O)C3CCCN(S(=O)(=O)c4ccc(F)cc4)C3)o2)n1. The summed E-state index contributed by atoms with van der Waals surface area (Å²) in [7, 11) is -2.08. The van der Waals surface area contributed by atoms with Gasteiger partial charge >= 0.3 is 6.01 Å². The molecule has 0 radical (unpaired) electrons. The zero-order valence-corrected chi connectivity index (χ0v) is 16.8. The Labute approximate surface area is 171 Å². The van der Waals surface area contributed by atoms with Crippen LogP contribution in [-0.2, 0) is 21.9 Å². The molecule has 1 unspecified atom stereocenters. The Hall–Kier alpha value is -3.12. The molecule has 1 fully saturated rings. The highest BCUT2D eigenvalue weighted by Crippen LogP contribution is 2.25. The average molecular weight is 434 g/mol. The van der Waals surface area contributed by atoms with Gasteiger partial charge in [-0.25, -0.2) is 12.8 Å². The van der Waals surface area contributed by atoms with Crippen molar-refractivity contribution in [1.82, 2.24) is 24.3 Å². The van der Waals surface area contributed by atoms with Crippen LogP contribution in [0.25, 0.3) is 11.6 Å². The van der Waals surface area contributed by atoms with Crippen molar-refractivity contribution in [2.24, 2.45) is 13.0 Å².